The highest BCUT2D eigenvalue weighted by Crippen LogP contribution is 2.28. The van der Waals surface area contributed by atoms with Gasteiger partial charge >= 0.3 is 0 Å². The number of aromatic nitrogens is 4. The molecular formula is C18H23N5O. The summed E-state index contributed by atoms with van der Waals surface area (Å²) in [6.07, 6.45) is 1.87. The van der Waals surface area contributed by atoms with Crippen LogP contribution in [0.5, 0.6) is 5.75 Å². The third-order valence-electron chi connectivity index (χ3n) is 4.08. The molecule has 6 nitrogen and oxygen atoms in total. The molecule has 1 aromatic carbocycles. The summed E-state index contributed by atoms with van der Waals surface area (Å²) in [4.78, 5) is 9.09. The number of hydrogen-bond acceptors (Lipinski definition) is 5. The van der Waals surface area contributed by atoms with Gasteiger partial charge in [-0.05, 0) is 25.8 Å². The molecule has 0 aliphatic rings. The predicted octanol–water partition coefficient (Wildman–Crippen LogP) is 3.74. The van der Waals surface area contributed by atoms with Gasteiger partial charge in [0.05, 0.1) is 19.3 Å². The molecule has 2 aromatic heterocycles. The molecule has 0 spiro atoms. The average Bonchev–Trinajstić information content (AvgIpc) is 2.98. The van der Waals surface area contributed by atoms with Gasteiger partial charge in [0, 0.05) is 11.1 Å². The molecule has 1 atom stereocenters. The molecule has 0 amide bonds. The second-order valence-electron chi connectivity index (χ2n) is 6.19. The van der Waals surface area contributed by atoms with Crippen molar-refractivity contribution in [2.45, 2.75) is 39.7 Å². The lowest BCUT2D eigenvalue weighted by molar-refractivity contribution is 0.408. The zero-order valence-electron chi connectivity index (χ0n) is 14.7. The topological polar surface area (TPSA) is 64.3 Å². The molecule has 0 radical (unpaired) electrons. The van der Waals surface area contributed by atoms with Gasteiger partial charge in [-0.15, -0.1) is 0 Å². The molecule has 1 unspecified atom stereocenters. The minimum atomic E-state index is 0.0188. The molecular weight excluding hydrogens is 302 g/mol. The number of hydrogen-bond donors (Lipinski definition) is 1. The Hall–Kier alpha value is -2.63. The number of fused-ring (bicyclic) bond motifs is 1. The molecule has 1 N–H and O–H groups in total. The second-order valence-corrected chi connectivity index (χ2v) is 6.19. The van der Waals surface area contributed by atoms with Gasteiger partial charge in [0.15, 0.2) is 5.65 Å². The largest absolute Gasteiger partial charge is 0.496 e. The van der Waals surface area contributed by atoms with Gasteiger partial charge in [0.1, 0.15) is 11.6 Å². The Kier molecular flexibility index (Phi) is 4.38. The van der Waals surface area contributed by atoms with E-state index in [2.05, 4.69) is 41.2 Å². The first-order valence-corrected chi connectivity index (χ1v) is 8.13. The highest BCUT2D eigenvalue weighted by atomic mass is 16.5. The minimum Gasteiger partial charge on any atom is -0.496 e. The van der Waals surface area contributed by atoms with Crippen LogP contribution in [0.15, 0.2) is 30.5 Å². The summed E-state index contributed by atoms with van der Waals surface area (Å²) in [5.41, 5.74) is 3.04. The zero-order chi connectivity index (χ0) is 17.3. The average molecular weight is 325 g/mol. The van der Waals surface area contributed by atoms with Crippen molar-refractivity contribution < 1.29 is 4.74 Å². The number of nitrogens with one attached hydrogen (secondary N) is 1. The maximum Gasteiger partial charge on any atom is 0.228 e. The van der Waals surface area contributed by atoms with E-state index in [1.807, 2.05) is 37.4 Å². The van der Waals surface area contributed by atoms with Crippen molar-refractivity contribution in [3.63, 3.8) is 0 Å². The number of nitrogens with zero attached hydrogens (tertiary/aromatic N) is 4. The maximum absolute atomic E-state index is 5.46. The first-order chi connectivity index (χ1) is 11.5. The maximum atomic E-state index is 5.46. The minimum absolute atomic E-state index is 0.0188. The van der Waals surface area contributed by atoms with Crippen molar-refractivity contribution in [1.82, 2.24) is 19.6 Å². The van der Waals surface area contributed by atoms with Crippen molar-refractivity contribution in [2.24, 2.45) is 0 Å². The van der Waals surface area contributed by atoms with Crippen LogP contribution in [-0.4, -0.2) is 26.7 Å². The van der Waals surface area contributed by atoms with E-state index < -0.39 is 0 Å². The normalized spacial score (nSPS) is 12.6. The molecule has 6 heteroatoms. The highest BCUT2D eigenvalue weighted by Gasteiger charge is 2.17. The van der Waals surface area contributed by atoms with Crippen molar-refractivity contribution in [3.8, 4) is 5.75 Å². The molecule has 126 valence electrons. The van der Waals surface area contributed by atoms with Gasteiger partial charge in [-0.1, -0.05) is 32.0 Å². The van der Waals surface area contributed by atoms with Crippen LogP contribution in [0, 0.1) is 6.92 Å². The molecule has 0 saturated heterocycles. The summed E-state index contributed by atoms with van der Waals surface area (Å²) >= 11 is 0. The second kappa shape index (κ2) is 6.47. The zero-order valence-corrected chi connectivity index (χ0v) is 14.7. The van der Waals surface area contributed by atoms with E-state index in [9.17, 15) is 0 Å². The monoisotopic (exact) mass is 325 g/mol. The van der Waals surface area contributed by atoms with E-state index in [4.69, 9.17) is 4.74 Å². The molecule has 2 heterocycles. The lowest BCUT2D eigenvalue weighted by Gasteiger charge is -2.18. The van der Waals surface area contributed by atoms with Gasteiger partial charge in [0.25, 0.3) is 0 Å². The predicted molar refractivity (Wildman–Crippen MR) is 94.6 cm³/mol. The molecule has 0 bridgehead atoms. The van der Waals surface area contributed by atoms with E-state index in [-0.39, 0.29) is 6.04 Å². The van der Waals surface area contributed by atoms with Crippen molar-refractivity contribution in [3.05, 3.63) is 47.4 Å². The van der Waals surface area contributed by atoms with Crippen molar-refractivity contribution >= 4 is 11.6 Å². The third kappa shape index (κ3) is 2.91. The molecule has 0 aliphatic heterocycles. The number of aryl methyl sites for hydroxylation is 1. The number of ether oxygens (including phenoxy) is 1. The van der Waals surface area contributed by atoms with Crippen molar-refractivity contribution in [2.75, 3.05) is 12.4 Å². The van der Waals surface area contributed by atoms with Crippen LogP contribution in [0.25, 0.3) is 5.65 Å². The van der Waals surface area contributed by atoms with Crippen LogP contribution in [0.2, 0.25) is 0 Å². The fraction of sp³-hybridized carbons (Fsp3) is 0.389. The Balaban J connectivity index is 2.01. The Labute approximate surface area is 141 Å². The Morgan fingerprint density at radius 2 is 1.83 bits per heavy atom. The van der Waals surface area contributed by atoms with Gasteiger partial charge in [-0.25, -0.2) is 4.98 Å². The fourth-order valence-electron chi connectivity index (χ4n) is 2.80. The smallest absolute Gasteiger partial charge is 0.228 e. The van der Waals surface area contributed by atoms with Crippen LogP contribution in [-0.2, 0) is 0 Å². The Morgan fingerprint density at radius 1 is 1.08 bits per heavy atom. The first-order valence-electron chi connectivity index (χ1n) is 8.13. The standard InChI is InChI=1S/C18H23N5O/c1-11(2)15-10-19-23-17(15)21-13(4)22-18(23)20-12(3)14-8-6-7-9-16(14)24-5/h6-12H,1-5H3,(H,20,21,22). The van der Waals surface area contributed by atoms with Crippen LogP contribution in [0.4, 0.5) is 5.95 Å². The molecule has 3 aromatic rings. The molecule has 0 fully saturated rings. The van der Waals surface area contributed by atoms with Gasteiger partial charge in [-0.3, -0.25) is 0 Å². The molecule has 0 aliphatic carbocycles. The number of anilines is 1. The van der Waals surface area contributed by atoms with E-state index in [0.717, 1.165) is 28.3 Å². The molecule has 24 heavy (non-hydrogen) atoms. The van der Waals surface area contributed by atoms with Crippen LogP contribution in [0.1, 0.15) is 49.7 Å². The number of methoxy groups -OCH3 is 1. The number of para-hydroxylation sites is 1. The fourth-order valence-corrected chi connectivity index (χ4v) is 2.80. The first kappa shape index (κ1) is 16.2. The summed E-state index contributed by atoms with van der Waals surface area (Å²) in [6.45, 7) is 8.25. The van der Waals surface area contributed by atoms with E-state index in [1.54, 1.807) is 11.6 Å². The molecule has 0 saturated carbocycles. The quantitative estimate of drug-likeness (QED) is 0.774. The van der Waals surface area contributed by atoms with E-state index in [1.165, 1.54) is 0 Å². The van der Waals surface area contributed by atoms with Crippen LogP contribution < -0.4 is 10.1 Å². The van der Waals surface area contributed by atoms with Crippen LogP contribution in [0.3, 0.4) is 0 Å². The lowest BCUT2D eigenvalue weighted by atomic mass is 10.1. The summed E-state index contributed by atoms with van der Waals surface area (Å²) in [5, 5.41) is 7.91. The van der Waals surface area contributed by atoms with Gasteiger partial charge < -0.3 is 10.1 Å². The van der Waals surface area contributed by atoms with Crippen LogP contribution >= 0.6 is 0 Å². The van der Waals surface area contributed by atoms with Gasteiger partial charge in [-0.2, -0.15) is 14.6 Å². The summed E-state index contributed by atoms with van der Waals surface area (Å²) in [7, 11) is 1.68. The third-order valence-corrected chi connectivity index (χ3v) is 4.08. The molecule has 3 rings (SSSR count). The van der Waals surface area contributed by atoms with E-state index in [0.29, 0.717) is 11.9 Å². The van der Waals surface area contributed by atoms with Gasteiger partial charge in [0.2, 0.25) is 5.95 Å². The summed E-state index contributed by atoms with van der Waals surface area (Å²) < 4.78 is 7.23. The Morgan fingerprint density at radius 3 is 2.54 bits per heavy atom. The highest BCUT2D eigenvalue weighted by molar-refractivity contribution is 5.53. The van der Waals surface area contributed by atoms with Crippen molar-refractivity contribution in [1.29, 1.82) is 0 Å². The number of rotatable bonds is 5. The SMILES string of the molecule is COc1ccccc1C(C)Nc1nc(C)nc2c(C(C)C)cnn12. The lowest BCUT2D eigenvalue weighted by Crippen LogP contribution is -2.14. The van der Waals surface area contributed by atoms with E-state index >= 15 is 0 Å². The Bertz CT molecular complexity index is 856. The summed E-state index contributed by atoms with van der Waals surface area (Å²) in [6, 6.07) is 7.99. The summed E-state index contributed by atoms with van der Waals surface area (Å²) in [5.74, 6) is 2.61. The number of benzene rings is 1.